The van der Waals surface area contributed by atoms with Crippen LogP contribution in [0.2, 0.25) is 0 Å². The number of rotatable bonds is 19. The highest BCUT2D eigenvalue weighted by Crippen LogP contribution is 2.43. The molecule has 1 aromatic carbocycles. The Bertz CT molecular complexity index is 1290. The predicted octanol–water partition coefficient (Wildman–Crippen LogP) is 15.9. The van der Waals surface area contributed by atoms with Gasteiger partial charge in [0.1, 0.15) is 17.4 Å². The standard InChI is InChI=1S/C27H33F2NO.C11H24.C8H18/c1-9-16(4)30-19(7)22(10-2)17(5)27(29)18(6)24-15-21(31-8)14-20-12-13-25(28)23(11-3)26(20)24;1-5-7-8-11(4)9-10(3)6-2;1-3-5-7-8-6-4-2/h10,14-15H,4,6,9,11-13H2,1-3,5,7-8H3;10-11H,5-9H2,1-4H3;3-8H2,1-2H3/b22-10+,27-17+,30-19?;;. The number of allylic oxidation sites excluding steroid dienone is 8. The van der Waals surface area contributed by atoms with Crippen LogP contribution in [-0.2, 0) is 6.42 Å². The molecule has 0 aliphatic heterocycles. The van der Waals surface area contributed by atoms with Crippen LogP contribution in [-0.4, -0.2) is 12.8 Å². The van der Waals surface area contributed by atoms with E-state index in [0.29, 0.717) is 53.0 Å². The normalized spacial score (nSPS) is 14.8. The second kappa shape index (κ2) is 27.0. The van der Waals surface area contributed by atoms with Crippen LogP contribution in [0.1, 0.15) is 183 Å². The zero-order chi connectivity index (χ0) is 38.2. The van der Waals surface area contributed by atoms with E-state index >= 15 is 4.39 Å². The fourth-order valence-corrected chi connectivity index (χ4v) is 6.40. The smallest absolute Gasteiger partial charge is 0.134 e. The third-order valence-electron chi connectivity index (χ3n) is 9.77. The minimum atomic E-state index is -0.443. The molecule has 1 aromatic rings. The van der Waals surface area contributed by atoms with Gasteiger partial charge in [-0.05, 0) is 104 Å². The Morgan fingerprint density at radius 3 is 1.98 bits per heavy atom. The fraction of sp³-hybridized carbons (Fsp3) is 0.630. The molecule has 50 heavy (non-hydrogen) atoms. The summed E-state index contributed by atoms with van der Waals surface area (Å²) < 4.78 is 35.8. The molecule has 0 fully saturated rings. The van der Waals surface area contributed by atoms with Crippen LogP contribution in [0.5, 0.6) is 5.75 Å². The minimum absolute atomic E-state index is 0.134. The van der Waals surface area contributed by atoms with Crippen LogP contribution in [0.4, 0.5) is 8.78 Å². The lowest BCUT2D eigenvalue weighted by atomic mass is 9.82. The Morgan fingerprint density at radius 2 is 1.50 bits per heavy atom. The van der Waals surface area contributed by atoms with Gasteiger partial charge in [0.25, 0.3) is 0 Å². The SMILES string of the molecule is C=C(CC)N=C(C)C(=C/C)/C(C)=C(/F)C(=C)c1cc(OC)cc2c1C(CC)=C(F)CC2.CCCCC(C)CC(C)CC.CCCCCCCC. The molecule has 0 amide bonds. The van der Waals surface area contributed by atoms with E-state index in [1.165, 1.54) is 70.6 Å². The number of aryl methyl sites for hydroxylation is 1. The van der Waals surface area contributed by atoms with Crippen molar-refractivity contribution in [3.05, 3.63) is 76.6 Å². The molecule has 1 aliphatic rings. The number of halogens is 2. The topological polar surface area (TPSA) is 21.6 Å². The molecule has 2 rings (SSSR count). The van der Waals surface area contributed by atoms with Crippen molar-refractivity contribution in [1.29, 1.82) is 0 Å². The first-order chi connectivity index (χ1) is 23.8. The van der Waals surface area contributed by atoms with Gasteiger partial charge in [-0.3, -0.25) is 4.99 Å². The summed E-state index contributed by atoms with van der Waals surface area (Å²) in [5, 5.41) is 0. The summed E-state index contributed by atoms with van der Waals surface area (Å²) in [7, 11) is 1.57. The van der Waals surface area contributed by atoms with Crippen molar-refractivity contribution in [2.24, 2.45) is 16.8 Å². The van der Waals surface area contributed by atoms with Gasteiger partial charge in [0.2, 0.25) is 0 Å². The molecule has 2 nitrogen and oxygen atoms in total. The molecule has 0 N–H and O–H groups in total. The van der Waals surface area contributed by atoms with Crippen molar-refractivity contribution in [3.63, 3.8) is 0 Å². The number of hydrogen-bond donors (Lipinski definition) is 0. The highest BCUT2D eigenvalue weighted by molar-refractivity contribution is 6.03. The van der Waals surface area contributed by atoms with Crippen LogP contribution >= 0.6 is 0 Å². The Balaban J connectivity index is 0.00000103. The molecule has 4 heteroatoms. The number of unbranched alkanes of at least 4 members (excludes halogenated alkanes) is 6. The number of nitrogens with zero attached hydrogens (tertiary/aromatic N) is 1. The van der Waals surface area contributed by atoms with E-state index in [1.54, 1.807) is 20.1 Å². The third kappa shape index (κ3) is 16.5. The predicted molar refractivity (Wildman–Crippen MR) is 221 cm³/mol. The number of ether oxygens (including phenoxy) is 1. The summed E-state index contributed by atoms with van der Waals surface area (Å²) in [6.07, 6.45) is 19.4. The van der Waals surface area contributed by atoms with Crippen LogP contribution in [0.15, 0.2) is 64.9 Å². The van der Waals surface area contributed by atoms with Gasteiger partial charge in [-0.1, -0.05) is 139 Å². The van der Waals surface area contributed by atoms with E-state index in [4.69, 9.17) is 4.74 Å². The maximum Gasteiger partial charge on any atom is 0.134 e. The summed E-state index contributed by atoms with van der Waals surface area (Å²) in [4.78, 5) is 4.48. The van der Waals surface area contributed by atoms with Gasteiger partial charge < -0.3 is 4.74 Å². The van der Waals surface area contributed by atoms with Gasteiger partial charge in [0.15, 0.2) is 0 Å². The molecule has 0 bridgehead atoms. The van der Waals surface area contributed by atoms with E-state index in [2.05, 4.69) is 59.7 Å². The minimum Gasteiger partial charge on any atom is -0.497 e. The Hall–Kier alpha value is -2.75. The molecular formula is C46H75F2NO. The van der Waals surface area contributed by atoms with Gasteiger partial charge in [-0.15, -0.1) is 0 Å². The van der Waals surface area contributed by atoms with Crippen molar-refractivity contribution in [3.8, 4) is 5.75 Å². The summed E-state index contributed by atoms with van der Waals surface area (Å²) in [6, 6.07) is 3.66. The average molecular weight is 696 g/mol. The van der Waals surface area contributed by atoms with Crippen molar-refractivity contribution >= 4 is 16.9 Å². The summed E-state index contributed by atoms with van der Waals surface area (Å²) in [5.74, 6) is 1.92. The molecule has 0 saturated carbocycles. The van der Waals surface area contributed by atoms with E-state index in [-0.39, 0.29) is 11.4 Å². The van der Waals surface area contributed by atoms with E-state index in [0.717, 1.165) is 35.1 Å². The summed E-state index contributed by atoms with van der Waals surface area (Å²) >= 11 is 0. The van der Waals surface area contributed by atoms with Crippen molar-refractivity contribution in [2.75, 3.05) is 7.11 Å². The number of aliphatic imine (C=N–C) groups is 1. The average Bonchev–Trinajstić information content (AvgIpc) is 3.12. The highest BCUT2D eigenvalue weighted by atomic mass is 19.1. The quantitative estimate of drug-likeness (QED) is 0.0802. The Morgan fingerprint density at radius 1 is 0.900 bits per heavy atom. The number of methoxy groups -OCH3 is 1. The van der Waals surface area contributed by atoms with Crippen molar-refractivity contribution in [2.45, 2.75) is 172 Å². The lowest BCUT2D eigenvalue weighted by molar-refractivity contribution is 0.379. The van der Waals surface area contributed by atoms with Gasteiger partial charge in [0.05, 0.1) is 7.11 Å². The molecule has 2 unspecified atom stereocenters. The Kier molecular flexibility index (Phi) is 25.5. The maximum absolute atomic E-state index is 15.7. The summed E-state index contributed by atoms with van der Waals surface area (Å²) in [5.41, 5.74) is 5.68. The lowest BCUT2D eigenvalue weighted by Gasteiger charge is -2.24. The molecule has 0 spiro atoms. The molecule has 2 atom stereocenters. The van der Waals surface area contributed by atoms with E-state index < -0.39 is 5.83 Å². The van der Waals surface area contributed by atoms with Crippen LogP contribution in [0.3, 0.4) is 0 Å². The zero-order valence-electron chi connectivity index (χ0n) is 34.5. The Labute approximate surface area is 308 Å². The van der Waals surface area contributed by atoms with Crippen molar-refractivity contribution in [1.82, 2.24) is 0 Å². The number of hydrogen-bond acceptors (Lipinski definition) is 2. The van der Waals surface area contributed by atoms with E-state index in [9.17, 15) is 4.39 Å². The van der Waals surface area contributed by atoms with Crippen LogP contribution in [0.25, 0.3) is 11.1 Å². The van der Waals surface area contributed by atoms with E-state index in [1.807, 2.05) is 39.8 Å². The van der Waals surface area contributed by atoms with Crippen LogP contribution in [0, 0.1) is 11.8 Å². The third-order valence-corrected chi connectivity index (χ3v) is 9.77. The first-order valence-electron chi connectivity index (χ1n) is 19.9. The van der Waals surface area contributed by atoms with Gasteiger partial charge >= 0.3 is 0 Å². The molecule has 284 valence electrons. The maximum atomic E-state index is 15.7. The zero-order valence-corrected chi connectivity index (χ0v) is 34.5. The monoisotopic (exact) mass is 696 g/mol. The van der Waals surface area contributed by atoms with Crippen molar-refractivity contribution < 1.29 is 13.5 Å². The fourth-order valence-electron chi connectivity index (χ4n) is 6.40. The lowest BCUT2D eigenvalue weighted by Crippen LogP contribution is -2.08. The molecule has 1 aliphatic carbocycles. The van der Waals surface area contributed by atoms with Gasteiger partial charge in [0, 0.05) is 23.4 Å². The first-order valence-corrected chi connectivity index (χ1v) is 19.9. The largest absolute Gasteiger partial charge is 0.497 e. The second-order valence-electron chi connectivity index (χ2n) is 14.1. The molecule has 0 radical (unpaired) electrons. The number of benzene rings is 1. The van der Waals surface area contributed by atoms with Gasteiger partial charge in [-0.25, -0.2) is 8.78 Å². The summed E-state index contributed by atoms with van der Waals surface area (Å²) in [6.45, 7) is 31.1. The van der Waals surface area contributed by atoms with Gasteiger partial charge in [-0.2, -0.15) is 0 Å². The first kappa shape index (κ1) is 47.2. The molecule has 0 aromatic heterocycles. The van der Waals surface area contributed by atoms with Crippen LogP contribution < -0.4 is 4.74 Å². The molecular weight excluding hydrogens is 621 g/mol. The molecule has 0 saturated heterocycles. The highest BCUT2D eigenvalue weighted by Gasteiger charge is 2.25. The second-order valence-corrected chi connectivity index (χ2v) is 14.1. The number of fused-ring (bicyclic) bond motifs is 1. The molecule has 0 heterocycles.